The minimum atomic E-state index is -0.659. The first-order valence-electron chi connectivity index (χ1n) is 9.08. The van der Waals surface area contributed by atoms with Gasteiger partial charge >= 0.3 is 6.03 Å². The number of nitrogens with zero attached hydrogens (tertiary/aromatic N) is 2. The number of amides is 2. The Bertz CT molecular complexity index is 851. The van der Waals surface area contributed by atoms with Crippen molar-refractivity contribution < 1.29 is 13.6 Å². The number of nitrogens with two attached hydrogens (primary N) is 1. The molecule has 1 aliphatic carbocycles. The van der Waals surface area contributed by atoms with E-state index in [0.717, 1.165) is 48.6 Å². The maximum absolute atomic E-state index is 14.2. The van der Waals surface area contributed by atoms with Gasteiger partial charge < -0.3 is 16.4 Å². The Balaban J connectivity index is 1.98. The standard InChI is InChI=1S/C19H25F2N5O/c1-19(2,3)16-15(24-18(27)23-12-6-4-5-7-12)17(22)26(25-16)14-10-11(20)8-9-13(14)21/h8-10,12H,4-7,22H2,1-3H3,(H2,23,24,27). The highest BCUT2D eigenvalue weighted by Crippen LogP contribution is 2.35. The number of carbonyl (C=O) groups excluding carboxylic acids is 1. The van der Waals surface area contributed by atoms with Gasteiger partial charge in [-0.25, -0.2) is 18.3 Å². The van der Waals surface area contributed by atoms with Crippen LogP contribution in [0.2, 0.25) is 0 Å². The van der Waals surface area contributed by atoms with Crippen molar-refractivity contribution in [2.45, 2.75) is 57.9 Å². The van der Waals surface area contributed by atoms with E-state index in [-0.39, 0.29) is 23.6 Å². The molecule has 1 fully saturated rings. The summed E-state index contributed by atoms with van der Waals surface area (Å²) in [6.07, 6.45) is 4.08. The molecule has 0 bridgehead atoms. The second-order valence-corrected chi connectivity index (χ2v) is 7.95. The van der Waals surface area contributed by atoms with Crippen molar-refractivity contribution in [3.05, 3.63) is 35.5 Å². The van der Waals surface area contributed by atoms with Crippen LogP contribution in [-0.4, -0.2) is 21.9 Å². The predicted octanol–water partition coefficient (Wildman–Crippen LogP) is 4.09. The molecule has 4 N–H and O–H groups in total. The van der Waals surface area contributed by atoms with Crippen molar-refractivity contribution in [1.82, 2.24) is 15.1 Å². The van der Waals surface area contributed by atoms with Crippen molar-refractivity contribution in [1.29, 1.82) is 0 Å². The third-order valence-electron chi connectivity index (χ3n) is 4.70. The van der Waals surface area contributed by atoms with Gasteiger partial charge in [-0.2, -0.15) is 5.10 Å². The van der Waals surface area contributed by atoms with Crippen LogP contribution < -0.4 is 16.4 Å². The van der Waals surface area contributed by atoms with Crippen LogP contribution in [-0.2, 0) is 5.41 Å². The molecule has 1 aliphatic rings. The summed E-state index contributed by atoms with van der Waals surface area (Å²) in [5, 5.41) is 10.1. The monoisotopic (exact) mass is 377 g/mol. The van der Waals surface area contributed by atoms with Crippen LogP contribution >= 0.6 is 0 Å². The zero-order chi connectivity index (χ0) is 19.8. The fourth-order valence-electron chi connectivity index (χ4n) is 3.32. The smallest absolute Gasteiger partial charge is 0.319 e. The minimum absolute atomic E-state index is 0.0472. The molecule has 2 aromatic rings. The maximum Gasteiger partial charge on any atom is 0.319 e. The van der Waals surface area contributed by atoms with Crippen molar-refractivity contribution in [3.63, 3.8) is 0 Å². The number of aromatic nitrogens is 2. The molecule has 1 aromatic carbocycles. The van der Waals surface area contributed by atoms with E-state index in [1.165, 1.54) is 0 Å². The van der Waals surface area contributed by atoms with Gasteiger partial charge in [-0.3, -0.25) is 0 Å². The minimum Gasteiger partial charge on any atom is -0.382 e. The van der Waals surface area contributed by atoms with E-state index in [2.05, 4.69) is 15.7 Å². The van der Waals surface area contributed by atoms with E-state index >= 15 is 0 Å². The number of hydrogen-bond donors (Lipinski definition) is 3. The molecular weight excluding hydrogens is 352 g/mol. The first-order valence-corrected chi connectivity index (χ1v) is 9.08. The Labute approximate surface area is 157 Å². The molecule has 0 aliphatic heterocycles. The van der Waals surface area contributed by atoms with E-state index in [4.69, 9.17) is 5.73 Å². The highest BCUT2D eigenvalue weighted by molar-refractivity contribution is 5.93. The quantitative estimate of drug-likeness (QED) is 0.753. The second kappa shape index (κ2) is 7.17. The Hall–Kier alpha value is -2.64. The molecule has 6 nitrogen and oxygen atoms in total. The number of halogens is 2. The van der Waals surface area contributed by atoms with E-state index in [9.17, 15) is 13.6 Å². The van der Waals surface area contributed by atoms with E-state index in [1.807, 2.05) is 20.8 Å². The number of nitrogens with one attached hydrogen (secondary N) is 2. The Morgan fingerprint density at radius 2 is 1.93 bits per heavy atom. The molecule has 1 heterocycles. The Morgan fingerprint density at radius 3 is 2.56 bits per heavy atom. The molecule has 146 valence electrons. The lowest BCUT2D eigenvalue weighted by Crippen LogP contribution is -2.36. The highest BCUT2D eigenvalue weighted by Gasteiger charge is 2.29. The number of anilines is 2. The molecule has 3 rings (SSSR count). The van der Waals surface area contributed by atoms with E-state index in [0.29, 0.717) is 11.4 Å². The van der Waals surface area contributed by atoms with Gasteiger partial charge in [0.25, 0.3) is 0 Å². The number of rotatable bonds is 3. The van der Waals surface area contributed by atoms with Crippen molar-refractivity contribution in [2.75, 3.05) is 11.1 Å². The summed E-state index contributed by atoms with van der Waals surface area (Å²) >= 11 is 0. The molecule has 0 atom stereocenters. The largest absolute Gasteiger partial charge is 0.382 e. The average molecular weight is 377 g/mol. The number of carbonyl (C=O) groups is 1. The van der Waals surface area contributed by atoms with Crippen LogP contribution in [0.1, 0.15) is 52.1 Å². The van der Waals surface area contributed by atoms with Crippen LogP contribution in [0, 0.1) is 11.6 Å². The Morgan fingerprint density at radius 1 is 1.26 bits per heavy atom. The summed E-state index contributed by atoms with van der Waals surface area (Å²) in [6.45, 7) is 5.71. The van der Waals surface area contributed by atoms with Crippen molar-refractivity contribution in [3.8, 4) is 5.69 Å². The molecular formula is C19H25F2N5O. The summed E-state index contributed by atoms with van der Waals surface area (Å²) < 4.78 is 29.0. The van der Waals surface area contributed by atoms with E-state index in [1.54, 1.807) is 0 Å². The molecule has 0 radical (unpaired) electrons. The summed E-state index contributed by atoms with van der Waals surface area (Å²) in [7, 11) is 0. The van der Waals surface area contributed by atoms with Crippen LogP contribution in [0.5, 0.6) is 0 Å². The zero-order valence-electron chi connectivity index (χ0n) is 15.8. The van der Waals surface area contributed by atoms with Gasteiger partial charge in [0.1, 0.15) is 23.0 Å². The van der Waals surface area contributed by atoms with E-state index < -0.39 is 17.0 Å². The molecule has 27 heavy (non-hydrogen) atoms. The van der Waals surface area contributed by atoms with Crippen LogP contribution in [0.15, 0.2) is 18.2 Å². The lowest BCUT2D eigenvalue weighted by atomic mass is 9.91. The van der Waals surface area contributed by atoms with Gasteiger partial charge in [0.15, 0.2) is 5.82 Å². The molecule has 8 heteroatoms. The van der Waals surface area contributed by atoms with Gasteiger partial charge in [-0.05, 0) is 25.0 Å². The average Bonchev–Trinajstić information content (AvgIpc) is 3.18. The Kier molecular flexibility index (Phi) is 5.08. The van der Waals surface area contributed by atoms with Crippen molar-refractivity contribution >= 4 is 17.5 Å². The van der Waals surface area contributed by atoms with Gasteiger partial charge in [0.2, 0.25) is 0 Å². The fraction of sp³-hybridized carbons (Fsp3) is 0.474. The molecule has 0 unspecified atom stereocenters. The summed E-state index contributed by atoms with van der Waals surface area (Å²) in [6, 6.07) is 2.83. The number of hydrogen-bond acceptors (Lipinski definition) is 3. The number of urea groups is 1. The lowest BCUT2D eigenvalue weighted by Gasteiger charge is -2.19. The number of nitrogen functional groups attached to an aromatic ring is 1. The molecule has 0 saturated heterocycles. The van der Waals surface area contributed by atoms with Gasteiger partial charge in [-0.1, -0.05) is 33.6 Å². The first-order chi connectivity index (χ1) is 12.7. The predicted molar refractivity (Wildman–Crippen MR) is 101 cm³/mol. The third kappa shape index (κ3) is 4.04. The SMILES string of the molecule is CC(C)(C)c1nn(-c2cc(F)ccc2F)c(N)c1NC(=O)NC1CCCC1. The molecule has 2 amide bonds. The maximum atomic E-state index is 14.2. The van der Waals surface area contributed by atoms with Gasteiger partial charge in [0.05, 0.1) is 5.69 Å². The van der Waals surface area contributed by atoms with Crippen LogP contribution in [0.3, 0.4) is 0 Å². The van der Waals surface area contributed by atoms with Gasteiger partial charge in [-0.15, -0.1) is 0 Å². The summed E-state index contributed by atoms with van der Waals surface area (Å²) in [4.78, 5) is 12.4. The fourth-order valence-corrected chi connectivity index (χ4v) is 3.32. The van der Waals surface area contributed by atoms with Gasteiger partial charge in [0, 0.05) is 17.5 Å². The van der Waals surface area contributed by atoms with Crippen LogP contribution in [0.25, 0.3) is 5.69 Å². The molecule has 1 saturated carbocycles. The summed E-state index contributed by atoms with van der Waals surface area (Å²) in [5.74, 6) is -1.22. The third-order valence-corrected chi connectivity index (χ3v) is 4.70. The molecule has 1 aromatic heterocycles. The highest BCUT2D eigenvalue weighted by atomic mass is 19.1. The number of benzene rings is 1. The van der Waals surface area contributed by atoms with Crippen molar-refractivity contribution in [2.24, 2.45) is 0 Å². The lowest BCUT2D eigenvalue weighted by molar-refractivity contribution is 0.248. The zero-order valence-corrected chi connectivity index (χ0v) is 15.8. The van der Waals surface area contributed by atoms with Crippen LogP contribution in [0.4, 0.5) is 25.1 Å². The normalized spacial score (nSPS) is 15.1. The second-order valence-electron chi connectivity index (χ2n) is 7.95. The molecule has 0 spiro atoms. The summed E-state index contributed by atoms with van der Waals surface area (Å²) in [5.41, 5.74) is 6.39. The first kappa shape index (κ1) is 19.1. The topological polar surface area (TPSA) is 85.0 Å².